The van der Waals surface area contributed by atoms with E-state index in [2.05, 4.69) is 16.3 Å². The van der Waals surface area contributed by atoms with E-state index >= 15 is 0 Å². The molecule has 0 unspecified atom stereocenters. The number of nitrogens with zero attached hydrogens (tertiary/aromatic N) is 2. The minimum atomic E-state index is -0.286. The lowest BCUT2D eigenvalue weighted by atomic mass is 9.97. The first kappa shape index (κ1) is 23.9. The van der Waals surface area contributed by atoms with Crippen LogP contribution in [0.15, 0.2) is 60.7 Å². The lowest BCUT2D eigenvalue weighted by Gasteiger charge is -2.40. The average Bonchev–Trinajstić information content (AvgIpc) is 2.87. The van der Waals surface area contributed by atoms with Crippen LogP contribution in [0.1, 0.15) is 29.5 Å². The Bertz CT molecular complexity index is 1280. The highest BCUT2D eigenvalue weighted by molar-refractivity contribution is 5.99. The third-order valence-corrected chi connectivity index (χ3v) is 7.12. The number of carbonyl (C=O) groups is 2. The molecule has 3 aromatic carbocycles. The maximum absolute atomic E-state index is 12.9. The van der Waals surface area contributed by atoms with Crippen LogP contribution in [0.25, 0.3) is 11.1 Å². The lowest BCUT2D eigenvalue weighted by molar-refractivity contribution is -0.117. The number of likely N-dealkylation sites (tertiary alicyclic amines) is 1. The van der Waals surface area contributed by atoms with Gasteiger partial charge in [0.2, 0.25) is 5.91 Å². The summed E-state index contributed by atoms with van der Waals surface area (Å²) in [5.74, 6) is -0.0961. The summed E-state index contributed by atoms with van der Waals surface area (Å²) in [5, 5.41) is 3.00. The highest BCUT2D eigenvalue weighted by Crippen LogP contribution is 2.35. The van der Waals surface area contributed by atoms with Crippen molar-refractivity contribution in [2.24, 2.45) is 0 Å². The van der Waals surface area contributed by atoms with Crippen molar-refractivity contribution in [3.05, 3.63) is 77.4 Å². The fourth-order valence-electron chi connectivity index (χ4n) is 5.27. The second kappa shape index (κ2) is 10.0. The van der Waals surface area contributed by atoms with Gasteiger partial charge < -0.3 is 15.8 Å². The minimum absolute atomic E-state index is 0.0553. The molecule has 0 atom stereocenters. The maximum Gasteiger partial charge on any atom is 0.414 e. The molecule has 2 amide bonds. The van der Waals surface area contributed by atoms with Gasteiger partial charge in [0.1, 0.15) is 6.61 Å². The van der Waals surface area contributed by atoms with Gasteiger partial charge >= 0.3 is 6.09 Å². The van der Waals surface area contributed by atoms with Crippen molar-refractivity contribution in [1.82, 2.24) is 4.90 Å². The lowest BCUT2D eigenvalue weighted by Crippen LogP contribution is -2.50. The monoisotopic (exact) mass is 484 g/mol. The number of hydrogen-bond donors (Lipinski definition) is 2. The molecule has 3 aromatic rings. The first-order chi connectivity index (χ1) is 17.4. The number of nitrogens with two attached hydrogens (primary N) is 1. The molecule has 2 aliphatic heterocycles. The molecule has 36 heavy (non-hydrogen) atoms. The SMILES string of the molecule is Cc1ccc2c(c1)COC(=O)N2C1CCN(CC(=O)Nc2ccc(C)c(-c3ccccc3)c2N)CC1. The summed E-state index contributed by atoms with van der Waals surface area (Å²) in [5.41, 5.74) is 13.9. The number of aryl methyl sites for hydroxylation is 2. The second-order valence-corrected chi connectivity index (χ2v) is 9.70. The molecule has 5 rings (SSSR count). The molecule has 0 spiro atoms. The molecule has 2 aliphatic rings. The number of hydrogen-bond acceptors (Lipinski definition) is 5. The number of ether oxygens (including phenoxy) is 1. The zero-order valence-electron chi connectivity index (χ0n) is 20.8. The fraction of sp³-hybridized carbons (Fsp3) is 0.310. The molecule has 0 saturated carbocycles. The Hall–Kier alpha value is -3.84. The first-order valence-electron chi connectivity index (χ1n) is 12.4. The van der Waals surface area contributed by atoms with Crippen LogP contribution in [0, 0.1) is 13.8 Å². The predicted octanol–water partition coefficient (Wildman–Crippen LogP) is 5.11. The summed E-state index contributed by atoms with van der Waals surface area (Å²) in [4.78, 5) is 29.4. The quantitative estimate of drug-likeness (QED) is 0.491. The number of piperidine rings is 1. The molecule has 1 saturated heterocycles. The molecule has 2 heterocycles. The fourth-order valence-corrected chi connectivity index (χ4v) is 5.27. The van der Waals surface area contributed by atoms with E-state index in [-0.39, 0.29) is 24.6 Å². The van der Waals surface area contributed by atoms with Crippen LogP contribution in [0.4, 0.5) is 21.9 Å². The van der Waals surface area contributed by atoms with Crippen molar-refractivity contribution >= 4 is 29.1 Å². The number of cyclic esters (lactones) is 1. The molecule has 0 bridgehead atoms. The topological polar surface area (TPSA) is 87.9 Å². The zero-order chi connectivity index (χ0) is 25.2. The number of benzene rings is 3. The molecule has 0 aromatic heterocycles. The summed E-state index contributed by atoms with van der Waals surface area (Å²) < 4.78 is 5.44. The van der Waals surface area contributed by atoms with Crippen molar-refractivity contribution in [1.29, 1.82) is 0 Å². The molecule has 7 nitrogen and oxygen atoms in total. The first-order valence-corrected chi connectivity index (χ1v) is 12.4. The third-order valence-electron chi connectivity index (χ3n) is 7.12. The van der Waals surface area contributed by atoms with E-state index in [1.54, 1.807) is 4.90 Å². The van der Waals surface area contributed by atoms with Crippen LogP contribution in [0.5, 0.6) is 0 Å². The Morgan fingerprint density at radius 1 is 1.06 bits per heavy atom. The third kappa shape index (κ3) is 4.79. The summed E-state index contributed by atoms with van der Waals surface area (Å²) in [6, 6.07) is 20.0. The maximum atomic E-state index is 12.9. The molecule has 0 radical (unpaired) electrons. The van der Waals surface area contributed by atoms with Gasteiger partial charge in [-0.1, -0.05) is 54.1 Å². The molecule has 186 valence electrons. The summed E-state index contributed by atoms with van der Waals surface area (Å²) in [7, 11) is 0. The Kier molecular flexibility index (Phi) is 6.65. The van der Waals surface area contributed by atoms with Gasteiger partial charge in [-0.15, -0.1) is 0 Å². The molecule has 0 aliphatic carbocycles. The summed E-state index contributed by atoms with van der Waals surface area (Å²) >= 11 is 0. The van der Waals surface area contributed by atoms with E-state index < -0.39 is 0 Å². The van der Waals surface area contributed by atoms with Crippen LogP contribution >= 0.6 is 0 Å². The van der Waals surface area contributed by atoms with Gasteiger partial charge in [0.05, 0.1) is 23.6 Å². The van der Waals surface area contributed by atoms with E-state index in [0.717, 1.165) is 59.4 Å². The van der Waals surface area contributed by atoms with E-state index in [4.69, 9.17) is 10.5 Å². The van der Waals surface area contributed by atoms with Crippen LogP contribution in [-0.2, 0) is 16.1 Å². The van der Waals surface area contributed by atoms with Crippen molar-refractivity contribution in [3.8, 4) is 11.1 Å². The standard InChI is InChI=1S/C29H32N4O3/c1-19-8-11-25-22(16-19)18-36-29(35)33(25)23-12-14-32(15-13-23)17-26(34)31-24-10-9-20(2)27(28(24)30)21-6-4-3-5-7-21/h3-11,16,23H,12-15,17-18,30H2,1-2H3,(H,31,34). The van der Waals surface area contributed by atoms with Gasteiger partial charge in [-0.3, -0.25) is 14.6 Å². The van der Waals surface area contributed by atoms with Crippen LogP contribution in [0.3, 0.4) is 0 Å². The van der Waals surface area contributed by atoms with Crippen molar-refractivity contribution in [2.45, 2.75) is 39.3 Å². The Labute approximate surface area is 211 Å². The minimum Gasteiger partial charge on any atom is -0.444 e. The van der Waals surface area contributed by atoms with E-state index in [1.165, 1.54) is 0 Å². The number of nitrogen functional groups attached to an aromatic ring is 1. The number of fused-ring (bicyclic) bond motifs is 1. The normalized spacial score (nSPS) is 16.4. The number of amides is 2. The van der Waals surface area contributed by atoms with Crippen molar-refractivity contribution in [2.75, 3.05) is 35.6 Å². The number of anilines is 3. The summed E-state index contributed by atoms with van der Waals surface area (Å²) in [6.07, 6.45) is 1.27. The van der Waals surface area contributed by atoms with Crippen LogP contribution in [-0.4, -0.2) is 42.6 Å². The number of rotatable bonds is 5. The van der Waals surface area contributed by atoms with Gasteiger partial charge in [0.15, 0.2) is 0 Å². The molecule has 7 heteroatoms. The Morgan fingerprint density at radius 2 is 1.81 bits per heavy atom. The summed E-state index contributed by atoms with van der Waals surface area (Å²) in [6.45, 7) is 6.10. The average molecular weight is 485 g/mol. The van der Waals surface area contributed by atoms with Gasteiger partial charge in [0.25, 0.3) is 0 Å². The second-order valence-electron chi connectivity index (χ2n) is 9.70. The number of nitrogens with one attached hydrogen (secondary N) is 1. The Balaban J connectivity index is 1.21. The molecule has 1 fully saturated rings. The van der Waals surface area contributed by atoms with E-state index in [1.807, 2.05) is 68.4 Å². The van der Waals surface area contributed by atoms with Crippen molar-refractivity contribution in [3.63, 3.8) is 0 Å². The largest absolute Gasteiger partial charge is 0.444 e. The van der Waals surface area contributed by atoms with Gasteiger partial charge in [-0.2, -0.15) is 0 Å². The molecule has 3 N–H and O–H groups in total. The Morgan fingerprint density at radius 3 is 2.56 bits per heavy atom. The molecular weight excluding hydrogens is 452 g/mol. The highest BCUT2D eigenvalue weighted by atomic mass is 16.6. The van der Waals surface area contributed by atoms with E-state index in [9.17, 15) is 9.59 Å². The zero-order valence-corrected chi connectivity index (χ0v) is 20.8. The highest BCUT2D eigenvalue weighted by Gasteiger charge is 2.34. The van der Waals surface area contributed by atoms with E-state index in [0.29, 0.717) is 18.0 Å². The van der Waals surface area contributed by atoms with Crippen LogP contribution < -0.4 is 16.0 Å². The van der Waals surface area contributed by atoms with Crippen molar-refractivity contribution < 1.29 is 14.3 Å². The number of carbonyl (C=O) groups excluding carboxylic acids is 2. The van der Waals surface area contributed by atoms with Crippen LogP contribution in [0.2, 0.25) is 0 Å². The van der Waals surface area contributed by atoms with Gasteiger partial charge in [-0.25, -0.2) is 4.79 Å². The smallest absolute Gasteiger partial charge is 0.414 e. The van der Waals surface area contributed by atoms with Gasteiger partial charge in [-0.05, 0) is 49.9 Å². The molecular formula is C29H32N4O3. The van der Waals surface area contributed by atoms with Gasteiger partial charge in [0, 0.05) is 30.3 Å². The predicted molar refractivity (Wildman–Crippen MR) is 143 cm³/mol.